The van der Waals surface area contributed by atoms with E-state index in [0.29, 0.717) is 0 Å². The molecule has 1 aliphatic rings. The molecule has 0 aliphatic heterocycles. The number of fused-ring (bicyclic) bond motifs is 2. The first-order chi connectivity index (χ1) is 22.3. The van der Waals surface area contributed by atoms with Crippen molar-refractivity contribution < 1.29 is 4.57 Å². The van der Waals surface area contributed by atoms with Crippen molar-refractivity contribution in [1.29, 1.82) is 0 Å². The first kappa shape index (κ1) is 32.0. The highest BCUT2D eigenvalue weighted by atomic mass is 14.9. The molecule has 2 heterocycles. The highest BCUT2D eigenvalue weighted by Crippen LogP contribution is 2.28. The maximum atomic E-state index is 3.34. The number of hydrogen-bond donors (Lipinski definition) is 1. The Bertz CT molecular complexity index is 1670. The smallest absolute Gasteiger partial charge is 0.169 e. The number of nitrogens with one attached hydrogen (secondary N) is 1. The van der Waals surface area contributed by atoms with Gasteiger partial charge in [-0.25, -0.2) is 4.57 Å². The first-order valence-corrected chi connectivity index (χ1v) is 17.0. The van der Waals surface area contributed by atoms with Gasteiger partial charge in [0.2, 0.25) is 0 Å². The van der Waals surface area contributed by atoms with E-state index >= 15 is 0 Å². The van der Waals surface area contributed by atoms with Gasteiger partial charge >= 0.3 is 0 Å². The van der Waals surface area contributed by atoms with Crippen molar-refractivity contribution >= 4 is 28.6 Å². The summed E-state index contributed by atoms with van der Waals surface area (Å²) in [5.74, 6) is 0. The van der Waals surface area contributed by atoms with Crippen molar-refractivity contribution in [3.05, 3.63) is 156 Å². The summed E-state index contributed by atoms with van der Waals surface area (Å²) in [7, 11) is 0. The van der Waals surface area contributed by atoms with Gasteiger partial charge in [0.15, 0.2) is 12.4 Å². The molecule has 0 radical (unpaired) electrons. The Hall–Kier alpha value is -4.43. The largest absolute Gasteiger partial charge is 0.361 e. The van der Waals surface area contributed by atoms with Gasteiger partial charge in [-0.05, 0) is 72.1 Å². The van der Waals surface area contributed by atoms with Gasteiger partial charge in [-0.2, -0.15) is 0 Å². The minimum Gasteiger partial charge on any atom is -0.361 e. The summed E-state index contributed by atoms with van der Waals surface area (Å²) >= 11 is 0. The Morgan fingerprint density at radius 3 is 2.38 bits per heavy atom. The molecule has 2 heteroatoms. The lowest BCUT2D eigenvalue weighted by Gasteiger charge is -2.01. The highest BCUT2D eigenvalue weighted by Gasteiger charge is 2.10. The third kappa shape index (κ3) is 10.0. The first-order valence-electron chi connectivity index (χ1n) is 17.0. The zero-order valence-corrected chi connectivity index (χ0v) is 27.0. The van der Waals surface area contributed by atoms with Crippen molar-refractivity contribution in [2.45, 2.75) is 77.7 Å². The number of pyridine rings is 1. The zero-order valence-electron chi connectivity index (χ0n) is 27.0. The molecule has 2 aromatic carbocycles. The number of rotatable bonds is 17. The van der Waals surface area contributed by atoms with E-state index in [2.05, 4.69) is 156 Å². The molecule has 45 heavy (non-hydrogen) atoms. The topological polar surface area (TPSA) is 19.7 Å². The van der Waals surface area contributed by atoms with Gasteiger partial charge in [-0.15, -0.1) is 0 Å². The lowest BCUT2D eigenvalue weighted by Crippen LogP contribution is -2.32. The molecule has 1 aliphatic carbocycles. The van der Waals surface area contributed by atoms with Crippen LogP contribution in [0.4, 0.5) is 0 Å². The number of H-pyrrole nitrogens is 1. The normalized spacial score (nSPS) is 13.7. The fourth-order valence-corrected chi connectivity index (χ4v) is 6.05. The lowest BCUT2D eigenvalue weighted by atomic mass is 10.0. The van der Waals surface area contributed by atoms with Crippen LogP contribution in [0.3, 0.4) is 0 Å². The van der Waals surface area contributed by atoms with Gasteiger partial charge in [0.05, 0.1) is 0 Å². The van der Waals surface area contributed by atoms with Crippen LogP contribution >= 0.6 is 0 Å². The maximum Gasteiger partial charge on any atom is 0.169 e. The van der Waals surface area contributed by atoms with E-state index in [1.54, 1.807) is 0 Å². The van der Waals surface area contributed by atoms with Gasteiger partial charge in [0, 0.05) is 35.7 Å². The van der Waals surface area contributed by atoms with E-state index in [0.717, 1.165) is 19.4 Å². The van der Waals surface area contributed by atoms with E-state index in [1.165, 1.54) is 95.7 Å². The fraction of sp³-hybridized carbons (Fsp3) is 0.279. The molecule has 0 bridgehead atoms. The number of aromatic amines is 1. The summed E-state index contributed by atoms with van der Waals surface area (Å²) in [4.78, 5) is 3.34. The Balaban J connectivity index is 0.897. The SMILES string of the molecule is CC=CC(C=CC1=CCc2ccccc21)=CC=CCCCCCCCCCC[n+]1ccc(C=Cc2c[nH]c3ccccc23)cc1. The second kappa shape index (κ2) is 17.8. The van der Waals surface area contributed by atoms with Crippen molar-refractivity contribution in [3.8, 4) is 0 Å². The van der Waals surface area contributed by atoms with Crippen LogP contribution in [0.1, 0.15) is 87.0 Å². The van der Waals surface area contributed by atoms with E-state index in [-0.39, 0.29) is 0 Å². The quantitative estimate of drug-likeness (QED) is 0.0714. The number of nitrogens with zero attached hydrogens (tertiary/aromatic N) is 1. The molecule has 0 unspecified atom stereocenters. The van der Waals surface area contributed by atoms with Crippen LogP contribution in [0.5, 0.6) is 0 Å². The minimum absolute atomic E-state index is 1.04. The molecule has 5 rings (SSSR count). The summed E-state index contributed by atoms with van der Waals surface area (Å²) in [6.07, 6.45) is 41.6. The summed E-state index contributed by atoms with van der Waals surface area (Å²) < 4.78 is 2.32. The van der Waals surface area contributed by atoms with Gasteiger partial charge in [-0.1, -0.05) is 135 Å². The molecule has 2 aromatic heterocycles. The number of aryl methyl sites for hydroxylation is 1. The van der Waals surface area contributed by atoms with Gasteiger partial charge in [-0.3, -0.25) is 0 Å². The third-order valence-corrected chi connectivity index (χ3v) is 8.64. The molecular weight excluding hydrogens is 544 g/mol. The molecule has 0 atom stereocenters. The summed E-state index contributed by atoms with van der Waals surface area (Å²) in [6, 6.07) is 21.6. The van der Waals surface area contributed by atoms with Crippen molar-refractivity contribution in [2.75, 3.05) is 0 Å². The van der Waals surface area contributed by atoms with E-state index < -0.39 is 0 Å². The molecule has 0 saturated heterocycles. The molecule has 230 valence electrons. The molecule has 0 fully saturated rings. The monoisotopic (exact) mass is 593 g/mol. The number of unbranched alkanes of at least 4 members (excludes halogenated alkanes) is 8. The standard InChI is InChI=1S/C43H48N2/c1-2-18-36(24-26-39-29-28-38-20-13-14-21-41(38)39)19-12-10-8-6-4-3-5-7-9-11-17-32-45-33-30-37(31-34-45)25-27-40-35-44-43-23-16-15-22-42(40)43/h2,10,12-16,18-27,29-31,33-35H,3-9,11,17,28,32H2,1H3/p+1. The number of hydrogen-bond acceptors (Lipinski definition) is 0. The average Bonchev–Trinajstić information content (AvgIpc) is 3.69. The predicted molar refractivity (Wildman–Crippen MR) is 195 cm³/mol. The lowest BCUT2D eigenvalue weighted by molar-refractivity contribution is -0.697. The van der Waals surface area contributed by atoms with Crippen LogP contribution in [-0.2, 0) is 13.0 Å². The van der Waals surface area contributed by atoms with Crippen LogP contribution < -0.4 is 4.57 Å². The van der Waals surface area contributed by atoms with Gasteiger partial charge in [0.1, 0.15) is 6.54 Å². The van der Waals surface area contributed by atoms with Crippen molar-refractivity contribution in [2.24, 2.45) is 0 Å². The summed E-state index contributed by atoms with van der Waals surface area (Å²) in [5, 5.41) is 1.27. The minimum atomic E-state index is 1.04. The molecule has 1 N–H and O–H groups in total. The Morgan fingerprint density at radius 1 is 0.778 bits per heavy atom. The summed E-state index contributed by atoms with van der Waals surface area (Å²) in [6.45, 7) is 3.18. The molecule has 4 aromatic rings. The number of benzene rings is 2. The van der Waals surface area contributed by atoms with Crippen LogP contribution in [0.2, 0.25) is 0 Å². The van der Waals surface area contributed by atoms with E-state index in [1.807, 2.05) is 0 Å². The van der Waals surface area contributed by atoms with Crippen molar-refractivity contribution in [1.82, 2.24) is 4.98 Å². The predicted octanol–water partition coefficient (Wildman–Crippen LogP) is 11.4. The van der Waals surface area contributed by atoms with Crippen LogP contribution in [0, 0.1) is 0 Å². The number of para-hydroxylation sites is 1. The second-order valence-corrected chi connectivity index (χ2v) is 12.1. The van der Waals surface area contributed by atoms with Crippen molar-refractivity contribution in [3.63, 3.8) is 0 Å². The van der Waals surface area contributed by atoms with Gasteiger partial charge < -0.3 is 4.98 Å². The molecule has 0 amide bonds. The highest BCUT2D eigenvalue weighted by molar-refractivity contribution is 5.91. The van der Waals surface area contributed by atoms with Crippen LogP contribution in [0.25, 0.3) is 28.6 Å². The molecule has 0 saturated carbocycles. The second-order valence-electron chi connectivity index (χ2n) is 12.1. The number of allylic oxidation sites excluding steroid dienone is 10. The molecule has 0 spiro atoms. The zero-order chi connectivity index (χ0) is 30.9. The molecular formula is C43H49N2+. The third-order valence-electron chi connectivity index (χ3n) is 8.64. The Morgan fingerprint density at radius 2 is 1.53 bits per heavy atom. The number of aromatic nitrogens is 2. The average molecular weight is 594 g/mol. The van der Waals surface area contributed by atoms with E-state index in [9.17, 15) is 0 Å². The Labute approximate surface area is 270 Å². The summed E-state index contributed by atoms with van der Waals surface area (Å²) in [5.41, 5.74) is 9.02. The van der Waals surface area contributed by atoms with E-state index in [4.69, 9.17) is 0 Å². The van der Waals surface area contributed by atoms with Gasteiger partial charge in [0.25, 0.3) is 0 Å². The van der Waals surface area contributed by atoms with Crippen LogP contribution in [0.15, 0.2) is 133 Å². The van der Waals surface area contributed by atoms with Crippen LogP contribution in [-0.4, -0.2) is 4.98 Å². The molecule has 2 nitrogen and oxygen atoms in total. The Kier molecular flexibility index (Phi) is 12.6. The fourth-order valence-electron chi connectivity index (χ4n) is 6.05. The maximum absolute atomic E-state index is 3.34.